The Morgan fingerprint density at radius 2 is 1.71 bits per heavy atom. The van der Waals surface area contributed by atoms with Gasteiger partial charge in [0.25, 0.3) is 0 Å². The van der Waals surface area contributed by atoms with Crippen molar-refractivity contribution in [1.29, 1.82) is 5.41 Å². The van der Waals surface area contributed by atoms with Gasteiger partial charge >= 0.3 is 0 Å². The molecular weight excluding hydrogens is 392 g/mol. The Bertz CT molecular complexity index is 894. The van der Waals surface area contributed by atoms with Crippen molar-refractivity contribution in [3.63, 3.8) is 0 Å². The molecule has 0 spiro atoms. The lowest BCUT2D eigenvalue weighted by molar-refractivity contribution is 0.162. The third kappa shape index (κ3) is 5.41. The lowest BCUT2D eigenvalue weighted by Crippen LogP contribution is -2.38. The summed E-state index contributed by atoms with van der Waals surface area (Å²) in [4.78, 5) is 1.90. The van der Waals surface area contributed by atoms with Gasteiger partial charge in [-0.25, -0.2) is 0 Å². The van der Waals surface area contributed by atoms with Gasteiger partial charge < -0.3 is 30.2 Å². The highest BCUT2D eigenvalue weighted by Gasteiger charge is 2.18. The Balaban J connectivity index is 1.39. The molecule has 2 aromatic carbocycles. The van der Waals surface area contributed by atoms with Crippen LogP contribution in [0.25, 0.3) is 0 Å². The summed E-state index contributed by atoms with van der Waals surface area (Å²) in [5, 5.41) is 11.1. The van der Waals surface area contributed by atoms with E-state index < -0.39 is 0 Å². The highest BCUT2D eigenvalue weighted by atomic mass is 16.5. The molecule has 0 radical (unpaired) electrons. The summed E-state index contributed by atoms with van der Waals surface area (Å²) in [7, 11) is 1.67. The minimum absolute atomic E-state index is 0.129. The molecule has 1 saturated heterocycles. The molecule has 0 unspecified atom stereocenters. The Kier molecular flexibility index (Phi) is 6.82. The summed E-state index contributed by atoms with van der Waals surface area (Å²) in [6.07, 6.45) is 4.06. The summed E-state index contributed by atoms with van der Waals surface area (Å²) >= 11 is 0. The van der Waals surface area contributed by atoms with Crippen LogP contribution in [0.4, 0.5) is 0 Å². The number of nitrogens with zero attached hydrogens (tertiary/aromatic N) is 1. The largest absolute Gasteiger partial charge is 0.493 e. The van der Waals surface area contributed by atoms with E-state index in [2.05, 4.69) is 29.6 Å². The molecule has 0 atom stereocenters. The molecule has 0 aliphatic carbocycles. The van der Waals surface area contributed by atoms with Crippen LogP contribution in [0.1, 0.15) is 29.5 Å². The van der Waals surface area contributed by atoms with E-state index in [-0.39, 0.29) is 5.96 Å². The molecule has 166 valence electrons. The molecular formula is C24H32N4O3. The zero-order valence-electron chi connectivity index (χ0n) is 18.2. The lowest BCUT2D eigenvalue weighted by atomic mass is 10.0. The smallest absolute Gasteiger partial charge is 0.188 e. The molecule has 4 rings (SSSR count). The van der Waals surface area contributed by atoms with Crippen LogP contribution in [0, 0.1) is 5.41 Å². The molecule has 0 bridgehead atoms. The van der Waals surface area contributed by atoms with Gasteiger partial charge in [-0.3, -0.25) is 5.41 Å². The monoisotopic (exact) mass is 424 g/mol. The van der Waals surface area contributed by atoms with Crippen molar-refractivity contribution in [2.45, 2.75) is 38.4 Å². The normalized spacial score (nSPS) is 16.9. The molecule has 0 amide bonds. The topological polar surface area (TPSA) is 92.8 Å². The van der Waals surface area contributed by atoms with Crippen LogP contribution in [-0.4, -0.2) is 50.3 Å². The van der Waals surface area contributed by atoms with Gasteiger partial charge in [0.2, 0.25) is 0 Å². The third-order valence-corrected chi connectivity index (χ3v) is 6.04. The maximum Gasteiger partial charge on any atom is 0.188 e. The zero-order chi connectivity index (χ0) is 21.6. The fraction of sp³-hybridized carbons (Fsp3) is 0.458. The van der Waals surface area contributed by atoms with Crippen molar-refractivity contribution in [3.05, 3.63) is 53.1 Å². The first-order valence-electron chi connectivity index (χ1n) is 11.0. The number of hydrogen-bond acceptors (Lipinski definition) is 5. The van der Waals surface area contributed by atoms with E-state index in [1.165, 1.54) is 11.1 Å². The SMILES string of the molecule is COc1cc2c(cc1OCc1ccc(OC3CCNCC3)cc1)CCN(C(=N)N)CC2. The van der Waals surface area contributed by atoms with Gasteiger partial charge in [-0.15, -0.1) is 0 Å². The van der Waals surface area contributed by atoms with Crippen molar-refractivity contribution >= 4 is 5.96 Å². The Hall–Kier alpha value is -2.93. The van der Waals surface area contributed by atoms with E-state index in [4.69, 9.17) is 25.4 Å². The van der Waals surface area contributed by atoms with Crippen LogP contribution in [0.2, 0.25) is 0 Å². The van der Waals surface area contributed by atoms with Gasteiger partial charge in [0.15, 0.2) is 17.5 Å². The number of piperidine rings is 1. The maximum atomic E-state index is 7.70. The van der Waals surface area contributed by atoms with Crippen LogP contribution >= 0.6 is 0 Å². The van der Waals surface area contributed by atoms with E-state index in [1.807, 2.05) is 17.0 Å². The van der Waals surface area contributed by atoms with Gasteiger partial charge in [0, 0.05) is 13.1 Å². The summed E-state index contributed by atoms with van der Waals surface area (Å²) in [5.74, 6) is 2.52. The summed E-state index contributed by atoms with van der Waals surface area (Å²) in [6, 6.07) is 12.3. The molecule has 31 heavy (non-hydrogen) atoms. The first-order valence-corrected chi connectivity index (χ1v) is 11.0. The van der Waals surface area contributed by atoms with Crippen molar-refractivity contribution in [2.24, 2.45) is 5.73 Å². The van der Waals surface area contributed by atoms with E-state index >= 15 is 0 Å². The van der Waals surface area contributed by atoms with E-state index in [1.54, 1.807) is 7.11 Å². The van der Waals surface area contributed by atoms with Gasteiger partial charge in [-0.1, -0.05) is 12.1 Å². The number of nitrogens with two attached hydrogens (primary N) is 1. The molecule has 2 heterocycles. The number of guanidine groups is 1. The van der Waals surface area contributed by atoms with Crippen LogP contribution in [0.5, 0.6) is 17.2 Å². The molecule has 2 aromatic rings. The minimum Gasteiger partial charge on any atom is -0.493 e. The predicted molar refractivity (Wildman–Crippen MR) is 121 cm³/mol. The second-order valence-corrected chi connectivity index (χ2v) is 8.14. The molecule has 7 heteroatoms. The van der Waals surface area contributed by atoms with Gasteiger partial charge in [0.05, 0.1) is 7.11 Å². The van der Waals surface area contributed by atoms with Gasteiger partial charge in [-0.2, -0.15) is 0 Å². The van der Waals surface area contributed by atoms with Crippen LogP contribution in [0.3, 0.4) is 0 Å². The molecule has 1 fully saturated rings. The predicted octanol–water partition coefficient (Wildman–Crippen LogP) is 2.70. The number of benzene rings is 2. The lowest BCUT2D eigenvalue weighted by Gasteiger charge is -2.23. The summed E-state index contributed by atoms with van der Waals surface area (Å²) in [6.45, 7) is 3.99. The number of rotatable bonds is 6. The average molecular weight is 425 g/mol. The quantitative estimate of drug-likeness (QED) is 0.488. The van der Waals surface area contributed by atoms with Crippen LogP contribution in [0.15, 0.2) is 36.4 Å². The maximum absolute atomic E-state index is 7.70. The molecule has 2 aliphatic heterocycles. The fourth-order valence-corrected chi connectivity index (χ4v) is 4.18. The Labute approximate surface area is 184 Å². The van der Waals surface area contributed by atoms with Crippen LogP contribution in [-0.2, 0) is 19.4 Å². The standard InChI is InChI=1S/C24H32N4O3/c1-29-22-14-18-8-12-28(24(25)26)13-9-19(18)15-23(22)30-16-17-2-4-20(5-3-17)31-21-6-10-27-11-7-21/h2-5,14-15,21,27H,6-13,16H2,1H3,(H3,25,26). The second-order valence-electron chi connectivity index (χ2n) is 8.14. The van der Waals surface area contributed by atoms with E-state index in [0.29, 0.717) is 12.7 Å². The highest BCUT2D eigenvalue weighted by Crippen LogP contribution is 2.33. The fourth-order valence-electron chi connectivity index (χ4n) is 4.18. The van der Waals surface area contributed by atoms with E-state index in [0.717, 1.165) is 74.7 Å². The van der Waals surface area contributed by atoms with Gasteiger partial charge in [0.1, 0.15) is 18.5 Å². The second kappa shape index (κ2) is 9.92. The van der Waals surface area contributed by atoms with Gasteiger partial charge in [-0.05, 0) is 79.7 Å². The number of ether oxygens (including phenoxy) is 3. The first kappa shape index (κ1) is 21.3. The third-order valence-electron chi connectivity index (χ3n) is 6.04. The van der Waals surface area contributed by atoms with Crippen LogP contribution < -0.4 is 25.3 Å². The van der Waals surface area contributed by atoms with Crippen molar-refractivity contribution in [2.75, 3.05) is 33.3 Å². The molecule has 7 nitrogen and oxygen atoms in total. The summed E-state index contributed by atoms with van der Waals surface area (Å²) < 4.78 is 17.8. The summed E-state index contributed by atoms with van der Waals surface area (Å²) in [5.41, 5.74) is 9.22. The molecule has 0 aromatic heterocycles. The van der Waals surface area contributed by atoms with Crippen molar-refractivity contribution < 1.29 is 14.2 Å². The van der Waals surface area contributed by atoms with Crippen molar-refractivity contribution in [1.82, 2.24) is 10.2 Å². The Morgan fingerprint density at radius 3 is 2.32 bits per heavy atom. The minimum atomic E-state index is 0.129. The Morgan fingerprint density at radius 1 is 1.06 bits per heavy atom. The number of hydrogen-bond donors (Lipinski definition) is 3. The average Bonchev–Trinajstić information content (AvgIpc) is 3.01. The number of methoxy groups -OCH3 is 1. The highest BCUT2D eigenvalue weighted by molar-refractivity contribution is 5.74. The zero-order valence-corrected chi connectivity index (χ0v) is 18.2. The van der Waals surface area contributed by atoms with Crippen molar-refractivity contribution in [3.8, 4) is 17.2 Å². The first-order chi connectivity index (χ1) is 15.1. The molecule has 4 N–H and O–H groups in total. The molecule has 0 saturated carbocycles. The molecule has 2 aliphatic rings. The number of nitrogens with one attached hydrogen (secondary N) is 2. The number of fused-ring (bicyclic) bond motifs is 1. The van der Waals surface area contributed by atoms with E-state index in [9.17, 15) is 0 Å².